The molecule has 3 rings (SSSR count). The Morgan fingerprint density at radius 1 is 1.22 bits per heavy atom. The summed E-state index contributed by atoms with van der Waals surface area (Å²) >= 11 is 13.3. The fraction of sp³-hybridized carbons (Fsp3) is 0.286. The lowest BCUT2D eigenvalue weighted by Crippen LogP contribution is -2.28. The number of halogens is 2. The van der Waals surface area contributed by atoms with Gasteiger partial charge in [-0.15, -0.1) is 0 Å². The monoisotopic (exact) mass is 494 g/mol. The molecule has 1 atom stereocenters. The molecular formula is C21H20Cl2N4O4S. The van der Waals surface area contributed by atoms with Gasteiger partial charge in [0.05, 0.1) is 31.8 Å². The lowest BCUT2D eigenvalue weighted by Gasteiger charge is -2.18. The summed E-state index contributed by atoms with van der Waals surface area (Å²) in [5.41, 5.74) is 0.358. The number of anilines is 1. The van der Waals surface area contributed by atoms with Crippen LogP contribution in [0.3, 0.4) is 0 Å². The maximum atomic E-state index is 13.1. The van der Waals surface area contributed by atoms with Crippen LogP contribution in [0.1, 0.15) is 20.8 Å². The predicted octanol–water partition coefficient (Wildman–Crippen LogP) is 5.39. The van der Waals surface area contributed by atoms with E-state index in [9.17, 15) is 19.7 Å². The van der Waals surface area contributed by atoms with Crippen LogP contribution in [0.15, 0.2) is 46.3 Å². The zero-order chi connectivity index (χ0) is 23.6. The number of fused-ring (bicyclic) bond motifs is 1. The lowest BCUT2D eigenvalue weighted by atomic mass is 10.2. The number of carbonyl (C=O) groups excluding carboxylic acids is 1. The summed E-state index contributed by atoms with van der Waals surface area (Å²) in [7, 11) is 0. The highest BCUT2D eigenvalue weighted by Gasteiger charge is 2.21. The number of amides is 1. The van der Waals surface area contributed by atoms with E-state index in [-0.39, 0.29) is 33.8 Å². The van der Waals surface area contributed by atoms with Crippen molar-refractivity contribution in [2.45, 2.75) is 37.7 Å². The zero-order valence-corrected chi connectivity index (χ0v) is 19.8. The number of hydrogen-bond donors (Lipinski definition) is 1. The van der Waals surface area contributed by atoms with E-state index >= 15 is 0 Å². The number of thioether (sulfide) groups is 1. The molecule has 0 bridgehead atoms. The van der Waals surface area contributed by atoms with Gasteiger partial charge in [0.2, 0.25) is 5.91 Å². The minimum Gasteiger partial charge on any atom is -0.324 e. The molecule has 11 heteroatoms. The van der Waals surface area contributed by atoms with Crippen LogP contribution < -0.4 is 10.9 Å². The van der Waals surface area contributed by atoms with Gasteiger partial charge < -0.3 is 5.32 Å². The molecule has 1 aromatic heterocycles. The number of rotatable bonds is 7. The zero-order valence-electron chi connectivity index (χ0n) is 17.5. The number of carbonyl (C=O) groups is 1. The molecule has 0 fully saturated rings. The normalized spacial score (nSPS) is 12.2. The average molecular weight is 495 g/mol. The molecule has 0 spiro atoms. The van der Waals surface area contributed by atoms with E-state index in [1.807, 2.05) is 13.8 Å². The Kier molecular flexibility index (Phi) is 7.43. The summed E-state index contributed by atoms with van der Waals surface area (Å²) in [5.74, 6) is -0.208. The van der Waals surface area contributed by atoms with Crippen molar-refractivity contribution >= 4 is 63.1 Å². The summed E-state index contributed by atoms with van der Waals surface area (Å²) in [4.78, 5) is 40.7. The van der Waals surface area contributed by atoms with E-state index in [0.717, 1.165) is 11.8 Å². The van der Waals surface area contributed by atoms with E-state index in [0.29, 0.717) is 27.6 Å². The van der Waals surface area contributed by atoms with Gasteiger partial charge in [-0.2, -0.15) is 0 Å². The molecule has 0 radical (unpaired) electrons. The van der Waals surface area contributed by atoms with Crippen LogP contribution in [-0.4, -0.2) is 25.6 Å². The molecular weight excluding hydrogens is 475 g/mol. The molecule has 0 saturated carbocycles. The van der Waals surface area contributed by atoms with Gasteiger partial charge in [-0.1, -0.05) is 48.8 Å². The summed E-state index contributed by atoms with van der Waals surface area (Å²) in [5, 5.41) is 14.2. The molecule has 0 aliphatic carbocycles. The second kappa shape index (κ2) is 9.89. The fourth-order valence-corrected chi connectivity index (χ4v) is 4.27. The van der Waals surface area contributed by atoms with Gasteiger partial charge in [-0.25, -0.2) is 4.98 Å². The molecule has 1 amide bonds. The Bertz CT molecular complexity index is 1260. The van der Waals surface area contributed by atoms with Crippen molar-refractivity contribution in [2.24, 2.45) is 5.92 Å². The molecule has 8 nitrogen and oxygen atoms in total. The third-order valence-electron chi connectivity index (χ3n) is 4.50. The Morgan fingerprint density at radius 2 is 1.94 bits per heavy atom. The lowest BCUT2D eigenvalue weighted by molar-refractivity contribution is -0.384. The molecule has 3 aromatic rings. The van der Waals surface area contributed by atoms with Crippen LogP contribution in [0, 0.1) is 16.0 Å². The van der Waals surface area contributed by atoms with Gasteiger partial charge in [0.25, 0.3) is 11.2 Å². The SMILES string of the molecule is CC(C)Cn1c(SC(C)C(=O)Nc2ccc([N+](=O)[O-])cc2Cl)nc2ccc(Cl)cc2c1=O. The van der Waals surface area contributed by atoms with Crippen molar-refractivity contribution in [3.8, 4) is 0 Å². The van der Waals surface area contributed by atoms with E-state index < -0.39 is 10.2 Å². The maximum absolute atomic E-state index is 13.1. The van der Waals surface area contributed by atoms with Gasteiger partial charge in [-0.3, -0.25) is 24.3 Å². The van der Waals surface area contributed by atoms with Crippen LogP contribution >= 0.6 is 35.0 Å². The summed E-state index contributed by atoms with van der Waals surface area (Å²) < 4.78 is 1.55. The first kappa shape index (κ1) is 24.0. The molecule has 1 N–H and O–H groups in total. The molecule has 1 heterocycles. The van der Waals surface area contributed by atoms with Gasteiger partial charge >= 0.3 is 0 Å². The van der Waals surface area contributed by atoms with E-state index in [2.05, 4.69) is 10.3 Å². The van der Waals surface area contributed by atoms with E-state index in [1.165, 1.54) is 18.2 Å². The quantitative estimate of drug-likeness (QED) is 0.204. The van der Waals surface area contributed by atoms with Gasteiger partial charge in [0.15, 0.2) is 5.16 Å². The summed E-state index contributed by atoms with van der Waals surface area (Å²) in [6.07, 6.45) is 0. The largest absolute Gasteiger partial charge is 0.324 e. The highest BCUT2D eigenvalue weighted by atomic mass is 35.5. The second-order valence-electron chi connectivity index (χ2n) is 7.54. The molecule has 2 aromatic carbocycles. The Balaban J connectivity index is 1.89. The minimum absolute atomic E-state index is 0.0576. The number of nitrogens with one attached hydrogen (secondary N) is 1. The Hall–Kier alpha value is -2.62. The molecule has 0 aliphatic rings. The first-order chi connectivity index (χ1) is 15.1. The number of nitro groups is 1. The molecule has 0 saturated heterocycles. The first-order valence-corrected chi connectivity index (χ1v) is 11.3. The molecule has 0 aliphatic heterocycles. The van der Waals surface area contributed by atoms with Crippen molar-refractivity contribution < 1.29 is 9.72 Å². The number of nitrogens with zero attached hydrogens (tertiary/aromatic N) is 3. The van der Waals surface area contributed by atoms with Crippen molar-refractivity contribution in [3.63, 3.8) is 0 Å². The van der Waals surface area contributed by atoms with E-state index in [1.54, 1.807) is 29.7 Å². The van der Waals surface area contributed by atoms with Crippen molar-refractivity contribution in [3.05, 3.63) is 66.9 Å². The van der Waals surface area contributed by atoms with Gasteiger partial charge in [0, 0.05) is 23.7 Å². The minimum atomic E-state index is -0.628. The molecule has 168 valence electrons. The smallest absolute Gasteiger partial charge is 0.271 e. The van der Waals surface area contributed by atoms with Crippen LogP contribution in [0.4, 0.5) is 11.4 Å². The number of aromatic nitrogens is 2. The van der Waals surface area contributed by atoms with E-state index in [4.69, 9.17) is 23.2 Å². The summed E-state index contributed by atoms with van der Waals surface area (Å²) in [6.45, 7) is 6.07. The Labute approximate surface area is 198 Å². The van der Waals surface area contributed by atoms with Crippen LogP contribution in [0.25, 0.3) is 10.9 Å². The number of non-ortho nitro benzene ring substituents is 1. The van der Waals surface area contributed by atoms with Gasteiger partial charge in [0.1, 0.15) is 0 Å². The first-order valence-electron chi connectivity index (χ1n) is 9.68. The second-order valence-corrected chi connectivity index (χ2v) is 9.69. The van der Waals surface area contributed by atoms with Crippen molar-refractivity contribution in [1.82, 2.24) is 9.55 Å². The number of nitro benzene ring substituents is 1. The average Bonchev–Trinajstić information content (AvgIpc) is 2.72. The predicted molar refractivity (Wildman–Crippen MR) is 128 cm³/mol. The Morgan fingerprint density at radius 3 is 2.56 bits per heavy atom. The highest BCUT2D eigenvalue weighted by Crippen LogP contribution is 2.29. The highest BCUT2D eigenvalue weighted by molar-refractivity contribution is 8.00. The molecule has 1 unspecified atom stereocenters. The standard InChI is InChI=1S/C21H20Cl2N4O4S/c1-11(2)10-26-20(29)15-8-13(22)4-6-17(15)25-21(26)32-12(3)19(28)24-18-7-5-14(27(30)31)9-16(18)23/h4-9,11-12H,10H2,1-3H3,(H,24,28). The maximum Gasteiger partial charge on any atom is 0.271 e. The topological polar surface area (TPSA) is 107 Å². The van der Waals surface area contributed by atoms with Crippen molar-refractivity contribution in [1.29, 1.82) is 0 Å². The molecule has 32 heavy (non-hydrogen) atoms. The third-order valence-corrected chi connectivity index (χ3v) is 6.14. The summed E-state index contributed by atoms with van der Waals surface area (Å²) in [6, 6.07) is 8.72. The number of benzene rings is 2. The third kappa shape index (κ3) is 5.40. The van der Waals surface area contributed by atoms with Crippen LogP contribution in [0.2, 0.25) is 10.0 Å². The fourth-order valence-electron chi connectivity index (χ4n) is 2.95. The number of hydrogen-bond acceptors (Lipinski definition) is 6. The van der Waals surface area contributed by atoms with Gasteiger partial charge in [-0.05, 0) is 37.1 Å². The van der Waals surface area contributed by atoms with Crippen molar-refractivity contribution in [2.75, 3.05) is 5.32 Å². The van der Waals surface area contributed by atoms with Crippen LogP contribution in [-0.2, 0) is 11.3 Å². The van der Waals surface area contributed by atoms with Crippen LogP contribution in [0.5, 0.6) is 0 Å².